The fourth-order valence-electron chi connectivity index (χ4n) is 1.57. The number of hydrogen-bond acceptors (Lipinski definition) is 3. The Morgan fingerprint density at radius 3 is 2.73 bits per heavy atom. The van der Waals surface area contributed by atoms with Gasteiger partial charge in [-0.25, -0.2) is 0 Å². The van der Waals surface area contributed by atoms with Crippen molar-refractivity contribution in [3.8, 4) is 11.5 Å². The van der Waals surface area contributed by atoms with Crippen LogP contribution in [0, 0.1) is 0 Å². The summed E-state index contributed by atoms with van der Waals surface area (Å²) < 4.78 is 22.9. The van der Waals surface area contributed by atoms with E-state index in [-0.39, 0.29) is 6.04 Å². The van der Waals surface area contributed by atoms with Crippen molar-refractivity contribution < 1.29 is 13.9 Å². The van der Waals surface area contributed by atoms with Gasteiger partial charge in [0.05, 0.1) is 6.67 Å². The predicted molar refractivity (Wildman–Crippen MR) is 55.0 cm³/mol. The zero-order valence-corrected chi connectivity index (χ0v) is 8.41. The molecular weight excluding hydrogens is 197 g/mol. The molecule has 4 heteroatoms. The van der Waals surface area contributed by atoms with Crippen LogP contribution in [-0.2, 0) is 0 Å². The molecule has 2 N–H and O–H groups in total. The van der Waals surface area contributed by atoms with Crippen LogP contribution in [0.5, 0.6) is 11.5 Å². The Morgan fingerprint density at radius 2 is 2.00 bits per heavy atom. The molecule has 1 heterocycles. The second-order valence-electron chi connectivity index (χ2n) is 3.49. The van der Waals surface area contributed by atoms with Crippen LogP contribution in [0.25, 0.3) is 0 Å². The average Bonchev–Trinajstić information content (AvgIpc) is 2.29. The van der Waals surface area contributed by atoms with Gasteiger partial charge in [0.1, 0.15) is 13.2 Å². The van der Waals surface area contributed by atoms with Gasteiger partial charge in [0.25, 0.3) is 0 Å². The summed E-state index contributed by atoms with van der Waals surface area (Å²) in [5.74, 6) is 1.44. The van der Waals surface area contributed by atoms with E-state index in [0.29, 0.717) is 25.4 Å². The highest BCUT2D eigenvalue weighted by molar-refractivity contribution is 5.44. The van der Waals surface area contributed by atoms with Gasteiger partial charge in [-0.05, 0) is 24.1 Å². The second kappa shape index (κ2) is 4.49. The number of halogens is 1. The largest absolute Gasteiger partial charge is 0.486 e. The Morgan fingerprint density at radius 1 is 1.27 bits per heavy atom. The maximum absolute atomic E-state index is 12.1. The van der Waals surface area contributed by atoms with E-state index in [1.54, 1.807) is 0 Å². The Kier molecular flexibility index (Phi) is 3.06. The van der Waals surface area contributed by atoms with Crippen molar-refractivity contribution in [2.75, 3.05) is 19.9 Å². The van der Waals surface area contributed by atoms with Gasteiger partial charge < -0.3 is 15.2 Å². The van der Waals surface area contributed by atoms with Crippen molar-refractivity contribution in [2.45, 2.75) is 12.5 Å². The van der Waals surface area contributed by atoms with E-state index in [0.717, 1.165) is 11.3 Å². The van der Waals surface area contributed by atoms with Crippen LogP contribution in [0.3, 0.4) is 0 Å². The number of fused-ring (bicyclic) bond motifs is 1. The Hall–Kier alpha value is -1.29. The molecule has 82 valence electrons. The van der Waals surface area contributed by atoms with Crippen LogP contribution in [0.15, 0.2) is 18.2 Å². The first-order valence-corrected chi connectivity index (χ1v) is 5.02. The van der Waals surface area contributed by atoms with Gasteiger partial charge in [-0.2, -0.15) is 0 Å². The highest BCUT2D eigenvalue weighted by Crippen LogP contribution is 2.32. The molecule has 0 amide bonds. The molecule has 0 spiro atoms. The van der Waals surface area contributed by atoms with E-state index in [4.69, 9.17) is 15.2 Å². The van der Waals surface area contributed by atoms with Crippen molar-refractivity contribution >= 4 is 0 Å². The molecule has 0 saturated carbocycles. The maximum atomic E-state index is 12.1. The summed E-state index contributed by atoms with van der Waals surface area (Å²) in [4.78, 5) is 0. The number of ether oxygens (including phenoxy) is 2. The zero-order valence-electron chi connectivity index (χ0n) is 8.41. The normalized spacial score (nSPS) is 16.1. The lowest BCUT2D eigenvalue weighted by Gasteiger charge is -2.20. The van der Waals surface area contributed by atoms with Crippen LogP contribution in [-0.4, -0.2) is 19.9 Å². The van der Waals surface area contributed by atoms with Crippen LogP contribution in [0.2, 0.25) is 0 Å². The first-order valence-electron chi connectivity index (χ1n) is 5.02. The van der Waals surface area contributed by atoms with Crippen LogP contribution >= 0.6 is 0 Å². The van der Waals surface area contributed by atoms with E-state index in [2.05, 4.69) is 0 Å². The summed E-state index contributed by atoms with van der Waals surface area (Å²) in [7, 11) is 0. The molecule has 1 aromatic carbocycles. The van der Waals surface area contributed by atoms with Crippen molar-refractivity contribution in [3.63, 3.8) is 0 Å². The SMILES string of the molecule is N[C@H](CCF)c1ccc2c(c1)OCCO2. The summed E-state index contributed by atoms with van der Waals surface area (Å²) in [5.41, 5.74) is 6.69. The molecule has 2 rings (SSSR count). The highest BCUT2D eigenvalue weighted by atomic mass is 19.1. The maximum Gasteiger partial charge on any atom is 0.161 e. The van der Waals surface area contributed by atoms with Crippen molar-refractivity contribution in [2.24, 2.45) is 5.73 Å². The molecule has 1 aromatic rings. The molecule has 1 aliphatic rings. The molecule has 3 nitrogen and oxygen atoms in total. The molecule has 1 aliphatic heterocycles. The minimum atomic E-state index is -0.407. The highest BCUT2D eigenvalue weighted by Gasteiger charge is 2.14. The van der Waals surface area contributed by atoms with Crippen LogP contribution < -0.4 is 15.2 Å². The Balaban J connectivity index is 2.20. The van der Waals surface area contributed by atoms with Crippen molar-refractivity contribution in [3.05, 3.63) is 23.8 Å². The third-order valence-corrected chi connectivity index (χ3v) is 2.41. The van der Waals surface area contributed by atoms with E-state index in [9.17, 15) is 4.39 Å². The summed E-state index contributed by atoms with van der Waals surface area (Å²) in [6, 6.07) is 5.23. The van der Waals surface area contributed by atoms with Gasteiger partial charge in [0, 0.05) is 6.04 Å². The number of rotatable bonds is 3. The average molecular weight is 211 g/mol. The molecule has 0 saturated heterocycles. The van der Waals surface area contributed by atoms with Gasteiger partial charge in [-0.3, -0.25) is 4.39 Å². The van der Waals surface area contributed by atoms with Crippen molar-refractivity contribution in [1.82, 2.24) is 0 Å². The number of nitrogens with two attached hydrogens (primary N) is 1. The number of alkyl halides is 1. The fourth-order valence-corrected chi connectivity index (χ4v) is 1.57. The smallest absolute Gasteiger partial charge is 0.161 e. The van der Waals surface area contributed by atoms with E-state index < -0.39 is 6.67 Å². The minimum Gasteiger partial charge on any atom is -0.486 e. The molecule has 0 aliphatic carbocycles. The zero-order chi connectivity index (χ0) is 10.7. The quantitative estimate of drug-likeness (QED) is 0.829. The summed E-state index contributed by atoms with van der Waals surface area (Å²) in [5, 5.41) is 0. The molecular formula is C11H14FNO2. The molecule has 0 fully saturated rings. The summed E-state index contributed by atoms with van der Waals surface area (Å²) in [6.45, 7) is 0.716. The summed E-state index contributed by atoms with van der Waals surface area (Å²) >= 11 is 0. The molecule has 0 radical (unpaired) electrons. The Bertz CT molecular complexity index is 343. The topological polar surface area (TPSA) is 44.5 Å². The molecule has 0 unspecified atom stereocenters. The van der Waals surface area contributed by atoms with Gasteiger partial charge >= 0.3 is 0 Å². The van der Waals surface area contributed by atoms with E-state index in [1.807, 2.05) is 18.2 Å². The molecule has 0 bridgehead atoms. The number of benzene rings is 1. The molecule has 1 atom stereocenters. The predicted octanol–water partition coefficient (Wildman–Crippen LogP) is 1.82. The Labute approximate surface area is 88.0 Å². The molecule has 15 heavy (non-hydrogen) atoms. The monoisotopic (exact) mass is 211 g/mol. The third-order valence-electron chi connectivity index (χ3n) is 2.41. The number of hydrogen-bond donors (Lipinski definition) is 1. The molecule has 0 aromatic heterocycles. The van der Waals surface area contributed by atoms with Crippen LogP contribution in [0.1, 0.15) is 18.0 Å². The first kappa shape index (κ1) is 10.2. The van der Waals surface area contributed by atoms with E-state index >= 15 is 0 Å². The lowest BCUT2D eigenvalue weighted by atomic mass is 10.0. The fraction of sp³-hybridized carbons (Fsp3) is 0.455. The van der Waals surface area contributed by atoms with Gasteiger partial charge in [-0.15, -0.1) is 0 Å². The van der Waals surface area contributed by atoms with Gasteiger partial charge in [-0.1, -0.05) is 6.07 Å². The van der Waals surface area contributed by atoms with Crippen molar-refractivity contribution in [1.29, 1.82) is 0 Å². The lowest BCUT2D eigenvalue weighted by Crippen LogP contribution is -2.17. The summed E-state index contributed by atoms with van der Waals surface area (Å²) in [6.07, 6.45) is 0.333. The van der Waals surface area contributed by atoms with Crippen LogP contribution in [0.4, 0.5) is 4.39 Å². The standard InChI is InChI=1S/C11H14FNO2/c12-4-3-9(13)8-1-2-10-11(7-8)15-6-5-14-10/h1-2,7,9H,3-6,13H2/t9-/m1/s1. The van der Waals surface area contributed by atoms with Gasteiger partial charge in [0.15, 0.2) is 11.5 Å². The third kappa shape index (κ3) is 2.21. The second-order valence-corrected chi connectivity index (χ2v) is 3.49. The lowest BCUT2D eigenvalue weighted by molar-refractivity contribution is 0.171. The van der Waals surface area contributed by atoms with E-state index in [1.165, 1.54) is 0 Å². The first-order chi connectivity index (χ1) is 7.31. The van der Waals surface area contributed by atoms with Gasteiger partial charge in [0.2, 0.25) is 0 Å². The minimum absolute atomic E-state index is 0.272.